The van der Waals surface area contributed by atoms with Crippen LogP contribution in [0.5, 0.6) is 0 Å². The summed E-state index contributed by atoms with van der Waals surface area (Å²) in [5.41, 5.74) is 16.1. The summed E-state index contributed by atoms with van der Waals surface area (Å²) in [6.45, 7) is 0.929. The van der Waals surface area contributed by atoms with Gasteiger partial charge in [0.1, 0.15) is 12.1 Å². The van der Waals surface area contributed by atoms with E-state index in [4.69, 9.17) is 27.4 Å². The second-order valence-corrected chi connectivity index (χ2v) is 6.39. The van der Waals surface area contributed by atoms with Crippen molar-refractivity contribution in [2.45, 2.75) is 50.7 Å². The van der Waals surface area contributed by atoms with E-state index in [9.17, 15) is 24.0 Å². The Morgan fingerprint density at radius 2 is 1.63 bits per heavy atom. The Balaban J connectivity index is 4.87. The highest BCUT2D eigenvalue weighted by Gasteiger charge is 2.24. The monoisotopic (exact) mass is 431 g/mol. The number of nitrogens with one attached hydrogen (secondary N) is 3. The second-order valence-electron chi connectivity index (χ2n) is 6.39. The lowest BCUT2D eigenvalue weighted by Crippen LogP contribution is -2.53. The number of carbonyl (C=O) groups excluding carboxylic acids is 3. The zero-order chi connectivity index (χ0) is 23.3. The fraction of sp³-hybridized carbons (Fsp3) is 0.625. The molecule has 0 saturated carbocycles. The Kier molecular flexibility index (Phi) is 12.1. The summed E-state index contributed by atoms with van der Waals surface area (Å²) >= 11 is 0. The maximum atomic E-state index is 12.4. The molecule has 0 aromatic heterocycles. The molecule has 0 aromatic carbocycles. The van der Waals surface area contributed by atoms with Crippen LogP contribution < -0.4 is 33.2 Å². The van der Waals surface area contributed by atoms with Crippen molar-refractivity contribution in [1.82, 2.24) is 16.0 Å². The van der Waals surface area contributed by atoms with Crippen molar-refractivity contribution in [2.75, 3.05) is 13.1 Å². The molecule has 0 heterocycles. The number of hydrogen-bond donors (Lipinski definition) is 8. The minimum atomic E-state index is -1.24. The highest BCUT2D eigenvalue weighted by Crippen LogP contribution is 2.02. The molecule has 3 atom stereocenters. The van der Waals surface area contributed by atoms with E-state index in [0.717, 1.165) is 0 Å². The van der Waals surface area contributed by atoms with Crippen molar-refractivity contribution in [3.05, 3.63) is 0 Å². The van der Waals surface area contributed by atoms with Crippen LogP contribution in [0.4, 0.5) is 0 Å². The fourth-order valence-electron chi connectivity index (χ4n) is 2.11. The molecule has 3 unspecified atom stereocenters. The Hall–Kier alpha value is -3.42. The van der Waals surface area contributed by atoms with Crippen LogP contribution >= 0.6 is 0 Å². The zero-order valence-corrected chi connectivity index (χ0v) is 16.6. The Bertz CT molecular complexity index is 664. The smallest absolute Gasteiger partial charge is 0.325 e. The maximum Gasteiger partial charge on any atom is 0.325 e. The van der Waals surface area contributed by atoms with Crippen molar-refractivity contribution in [2.24, 2.45) is 22.2 Å². The third kappa shape index (κ3) is 12.1. The first-order chi connectivity index (χ1) is 13.9. The Morgan fingerprint density at radius 1 is 1.00 bits per heavy atom. The summed E-state index contributed by atoms with van der Waals surface area (Å²) in [7, 11) is 0. The first kappa shape index (κ1) is 26.6. The SMILES string of the molecule is CC(NC(=O)CNC(=O)C(CCCN=C(N)N)NC(=O)C(N)CCC(=O)O)C(=O)O. The number of rotatable bonds is 14. The van der Waals surface area contributed by atoms with Gasteiger partial charge >= 0.3 is 11.9 Å². The van der Waals surface area contributed by atoms with Crippen LogP contribution in [0, 0.1) is 0 Å². The van der Waals surface area contributed by atoms with Crippen LogP contribution in [-0.4, -0.2) is 77.0 Å². The number of nitrogens with two attached hydrogens (primary N) is 3. The van der Waals surface area contributed by atoms with Crippen LogP contribution in [0.25, 0.3) is 0 Å². The number of hydrogen-bond acceptors (Lipinski definition) is 7. The van der Waals surface area contributed by atoms with Gasteiger partial charge < -0.3 is 43.4 Å². The molecule has 0 saturated heterocycles. The number of guanidine groups is 1. The molecule has 0 radical (unpaired) electrons. The van der Waals surface area contributed by atoms with Gasteiger partial charge in [-0.15, -0.1) is 0 Å². The van der Waals surface area contributed by atoms with Gasteiger partial charge in [-0.3, -0.25) is 29.0 Å². The van der Waals surface area contributed by atoms with Crippen molar-refractivity contribution in [3.8, 4) is 0 Å². The van der Waals surface area contributed by atoms with Crippen LogP contribution in [0.2, 0.25) is 0 Å². The molecule has 3 amide bonds. The molecule has 0 aliphatic rings. The topological polar surface area (TPSA) is 252 Å². The van der Waals surface area contributed by atoms with Crippen LogP contribution in [0.3, 0.4) is 0 Å². The lowest BCUT2D eigenvalue weighted by molar-refractivity contribution is -0.141. The van der Waals surface area contributed by atoms with Gasteiger partial charge in [-0.2, -0.15) is 0 Å². The predicted molar refractivity (Wildman–Crippen MR) is 105 cm³/mol. The van der Waals surface area contributed by atoms with Crippen LogP contribution in [0.1, 0.15) is 32.6 Å². The van der Waals surface area contributed by atoms with E-state index in [-0.39, 0.29) is 31.8 Å². The molecule has 11 N–H and O–H groups in total. The largest absolute Gasteiger partial charge is 0.481 e. The van der Waals surface area contributed by atoms with Crippen LogP contribution in [0.15, 0.2) is 4.99 Å². The molecule has 0 fully saturated rings. The van der Waals surface area contributed by atoms with Gasteiger partial charge in [0.05, 0.1) is 12.6 Å². The van der Waals surface area contributed by atoms with Gasteiger partial charge in [0, 0.05) is 13.0 Å². The summed E-state index contributed by atoms with van der Waals surface area (Å²) in [5, 5.41) is 24.3. The van der Waals surface area contributed by atoms with Crippen molar-refractivity contribution in [1.29, 1.82) is 0 Å². The third-order valence-corrected chi connectivity index (χ3v) is 3.76. The number of carbonyl (C=O) groups is 5. The van der Waals surface area contributed by atoms with E-state index >= 15 is 0 Å². The number of carboxylic acid groups (broad SMARTS) is 2. The van der Waals surface area contributed by atoms with E-state index in [1.807, 2.05) is 0 Å². The minimum absolute atomic E-state index is 0.104. The normalized spacial score (nSPS) is 13.3. The summed E-state index contributed by atoms with van der Waals surface area (Å²) in [6.07, 6.45) is -0.0348. The van der Waals surface area contributed by atoms with Crippen molar-refractivity contribution >= 4 is 35.6 Å². The summed E-state index contributed by atoms with van der Waals surface area (Å²) in [6, 6.07) is -3.38. The molecule has 0 rings (SSSR count). The molecule has 0 aliphatic heterocycles. The average molecular weight is 431 g/mol. The van der Waals surface area contributed by atoms with E-state index in [0.29, 0.717) is 6.42 Å². The summed E-state index contributed by atoms with van der Waals surface area (Å²) in [4.78, 5) is 61.3. The highest BCUT2D eigenvalue weighted by molar-refractivity contribution is 5.92. The number of aliphatic carboxylic acids is 2. The first-order valence-corrected chi connectivity index (χ1v) is 9.07. The van der Waals surface area contributed by atoms with Crippen molar-refractivity contribution in [3.63, 3.8) is 0 Å². The third-order valence-electron chi connectivity index (χ3n) is 3.76. The van der Waals surface area contributed by atoms with Gasteiger partial charge in [-0.05, 0) is 26.2 Å². The second kappa shape index (κ2) is 13.7. The Labute approximate surface area is 172 Å². The minimum Gasteiger partial charge on any atom is -0.481 e. The van der Waals surface area contributed by atoms with Gasteiger partial charge in [0.15, 0.2) is 5.96 Å². The number of carboxylic acids is 2. The number of aliphatic imine (C=N–C) groups is 1. The van der Waals surface area contributed by atoms with E-state index in [1.54, 1.807) is 0 Å². The average Bonchev–Trinajstić information content (AvgIpc) is 2.65. The quantitative estimate of drug-likeness (QED) is 0.0762. The maximum absolute atomic E-state index is 12.4. The van der Waals surface area contributed by atoms with Gasteiger partial charge in [-0.1, -0.05) is 0 Å². The predicted octanol–water partition coefficient (Wildman–Crippen LogP) is -3.58. The standard InChI is InChI=1S/C16H29N7O7/c1-8(15(29)30)22-11(24)7-21-14(28)10(3-2-6-20-16(18)19)23-13(27)9(17)4-5-12(25)26/h8-10H,2-7,17H2,1H3,(H,21,28)(H,22,24)(H,23,27)(H,25,26)(H,29,30)(H4,18,19,20). The molecular formula is C16H29N7O7. The van der Waals surface area contributed by atoms with E-state index in [1.165, 1.54) is 6.92 Å². The lowest BCUT2D eigenvalue weighted by atomic mass is 10.1. The molecule has 0 aliphatic carbocycles. The summed E-state index contributed by atoms with van der Waals surface area (Å²) < 4.78 is 0. The van der Waals surface area contributed by atoms with Crippen LogP contribution in [-0.2, 0) is 24.0 Å². The molecule has 0 bridgehead atoms. The number of nitrogens with zero attached hydrogens (tertiary/aromatic N) is 1. The molecule has 0 spiro atoms. The Morgan fingerprint density at radius 3 is 2.17 bits per heavy atom. The first-order valence-electron chi connectivity index (χ1n) is 9.07. The number of amides is 3. The highest BCUT2D eigenvalue weighted by atomic mass is 16.4. The lowest BCUT2D eigenvalue weighted by Gasteiger charge is -2.20. The van der Waals surface area contributed by atoms with E-state index < -0.39 is 54.3 Å². The van der Waals surface area contributed by atoms with Gasteiger partial charge in [-0.25, -0.2) is 0 Å². The zero-order valence-electron chi connectivity index (χ0n) is 16.6. The molecule has 14 nitrogen and oxygen atoms in total. The molecule has 0 aromatic rings. The summed E-state index contributed by atoms with van der Waals surface area (Å²) in [5.74, 6) is -4.68. The molecule has 30 heavy (non-hydrogen) atoms. The van der Waals surface area contributed by atoms with Gasteiger partial charge in [0.25, 0.3) is 0 Å². The van der Waals surface area contributed by atoms with Gasteiger partial charge in [0.2, 0.25) is 17.7 Å². The molecular weight excluding hydrogens is 402 g/mol. The van der Waals surface area contributed by atoms with E-state index in [2.05, 4.69) is 20.9 Å². The molecule has 170 valence electrons. The molecule has 14 heteroatoms. The fourth-order valence-corrected chi connectivity index (χ4v) is 2.11. The van der Waals surface area contributed by atoms with Crippen molar-refractivity contribution < 1.29 is 34.2 Å².